The summed E-state index contributed by atoms with van der Waals surface area (Å²) in [6.07, 6.45) is 1.74. The summed E-state index contributed by atoms with van der Waals surface area (Å²) in [5.41, 5.74) is 1.85. The number of hydrogen-bond acceptors (Lipinski definition) is 5. The topological polar surface area (TPSA) is 66.9 Å². The first-order valence-electron chi connectivity index (χ1n) is 6.91. The van der Waals surface area contributed by atoms with Crippen molar-refractivity contribution in [2.75, 3.05) is 11.9 Å². The van der Waals surface area contributed by atoms with E-state index in [0.717, 1.165) is 17.1 Å². The normalized spacial score (nSPS) is 10.7. The second-order valence-electron chi connectivity index (χ2n) is 5.38. The molecule has 2 heterocycles. The molecule has 2 N–H and O–H groups in total. The van der Waals surface area contributed by atoms with Crippen LogP contribution in [0.3, 0.4) is 0 Å². The minimum absolute atomic E-state index is 0.0658. The van der Waals surface area contributed by atoms with Crippen molar-refractivity contribution in [1.82, 2.24) is 15.3 Å². The van der Waals surface area contributed by atoms with Gasteiger partial charge in [-0.25, -0.2) is 9.97 Å². The standard InChI is InChI=1S/C15H20N4OS/c1-9(2)8-17-14(20)13-11(4)18-15(21-13)19-12-7-10(3)5-6-16-12/h5-7,9H,8H2,1-4H3,(H,17,20)(H,16,18,19). The number of carbonyl (C=O) groups excluding carboxylic acids is 1. The maximum Gasteiger partial charge on any atom is 0.263 e. The van der Waals surface area contributed by atoms with E-state index in [2.05, 4.69) is 34.4 Å². The first kappa shape index (κ1) is 15.4. The van der Waals surface area contributed by atoms with Gasteiger partial charge < -0.3 is 10.6 Å². The van der Waals surface area contributed by atoms with Crippen LogP contribution in [0.25, 0.3) is 0 Å². The van der Waals surface area contributed by atoms with Gasteiger partial charge in [0.25, 0.3) is 5.91 Å². The molecule has 2 aromatic rings. The lowest BCUT2D eigenvalue weighted by molar-refractivity contribution is 0.0952. The molecule has 5 nitrogen and oxygen atoms in total. The van der Waals surface area contributed by atoms with Crippen molar-refractivity contribution in [3.8, 4) is 0 Å². The first-order chi connectivity index (χ1) is 9.95. The molecule has 0 radical (unpaired) electrons. The molecule has 0 fully saturated rings. The number of amides is 1. The predicted molar refractivity (Wildman–Crippen MR) is 86.3 cm³/mol. The molecule has 0 spiro atoms. The fourth-order valence-corrected chi connectivity index (χ4v) is 2.64. The zero-order valence-corrected chi connectivity index (χ0v) is 13.5. The molecule has 21 heavy (non-hydrogen) atoms. The number of nitrogens with zero attached hydrogens (tertiary/aromatic N) is 2. The number of aromatic nitrogens is 2. The van der Waals surface area contributed by atoms with Crippen LogP contribution in [0.15, 0.2) is 18.3 Å². The number of hydrogen-bond donors (Lipinski definition) is 2. The summed E-state index contributed by atoms with van der Waals surface area (Å²) in [7, 11) is 0. The van der Waals surface area contributed by atoms with E-state index in [-0.39, 0.29) is 5.91 Å². The molecule has 2 aromatic heterocycles. The third-order valence-electron chi connectivity index (χ3n) is 2.82. The lowest BCUT2D eigenvalue weighted by atomic mass is 10.2. The second-order valence-corrected chi connectivity index (χ2v) is 6.38. The lowest BCUT2D eigenvalue weighted by Gasteiger charge is -2.06. The van der Waals surface area contributed by atoms with Gasteiger partial charge in [0, 0.05) is 12.7 Å². The predicted octanol–water partition coefficient (Wildman–Crippen LogP) is 3.28. The van der Waals surface area contributed by atoms with Crippen LogP contribution in [0.5, 0.6) is 0 Å². The minimum Gasteiger partial charge on any atom is -0.351 e. The van der Waals surface area contributed by atoms with Gasteiger partial charge in [0.15, 0.2) is 5.13 Å². The smallest absolute Gasteiger partial charge is 0.263 e. The Hall–Kier alpha value is -1.95. The largest absolute Gasteiger partial charge is 0.351 e. The van der Waals surface area contributed by atoms with Crippen molar-refractivity contribution in [1.29, 1.82) is 0 Å². The van der Waals surface area contributed by atoms with Crippen LogP contribution >= 0.6 is 11.3 Å². The van der Waals surface area contributed by atoms with Gasteiger partial charge in [-0.2, -0.15) is 0 Å². The van der Waals surface area contributed by atoms with E-state index in [1.165, 1.54) is 11.3 Å². The molecule has 1 amide bonds. The molecule has 0 bridgehead atoms. The van der Waals surface area contributed by atoms with Crippen molar-refractivity contribution >= 4 is 28.2 Å². The van der Waals surface area contributed by atoms with E-state index in [0.29, 0.717) is 22.5 Å². The molecule has 0 saturated carbocycles. The summed E-state index contributed by atoms with van der Waals surface area (Å²) >= 11 is 1.35. The molecule has 0 aromatic carbocycles. The van der Waals surface area contributed by atoms with Gasteiger partial charge in [-0.3, -0.25) is 4.79 Å². The average Bonchev–Trinajstić information content (AvgIpc) is 2.77. The van der Waals surface area contributed by atoms with E-state index in [1.807, 2.05) is 26.0 Å². The van der Waals surface area contributed by atoms with Crippen molar-refractivity contribution in [2.24, 2.45) is 5.92 Å². The van der Waals surface area contributed by atoms with Crippen LogP contribution < -0.4 is 10.6 Å². The molecule has 2 rings (SSSR count). The highest BCUT2D eigenvalue weighted by Crippen LogP contribution is 2.25. The van der Waals surface area contributed by atoms with Crippen molar-refractivity contribution in [2.45, 2.75) is 27.7 Å². The summed E-state index contributed by atoms with van der Waals surface area (Å²) in [6, 6.07) is 3.87. The Kier molecular flexibility index (Phi) is 4.90. The molecule has 112 valence electrons. The Morgan fingerprint density at radius 3 is 2.81 bits per heavy atom. The Labute approximate surface area is 128 Å². The summed E-state index contributed by atoms with van der Waals surface area (Å²) in [5.74, 6) is 1.10. The number of thiazole rings is 1. The van der Waals surface area contributed by atoms with E-state index in [1.54, 1.807) is 6.20 Å². The fourth-order valence-electron chi connectivity index (χ4n) is 1.75. The van der Waals surface area contributed by atoms with Crippen molar-refractivity contribution in [3.63, 3.8) is 0 Å². The molecule has 0 atom stereocenters. The Balaban J connectivity index is 2.10. The Morgan fingerprint density at radius 2 is 2.14 bits per heavy atom. The number of anilines is 2. The number of aryl methyl sites for hydroxylation is 2. The SMILES string of the molecule is Cc1ccnc(Nc2nc(C)c(C(=O)NCC(C)C)s2)c1. The summed E-state index contributed by atoms with van der Waals surface area (Å²) in [6.45, 7) is 8.64. The van der Waals surface area contributed by atoms with Crippen molar-refractivity contribution in [3.05, 3.63) is 34.5 Å². The molecule has 0 aliphatic heterocycles. The van der Waals surface area contributed by atoms with Crippen LogP contribution in [0.2, 0.25) is 0 Å². The van der Waals surface area contributed by atoms with Crippen LogP contribution in [-0.4, -0.2) is 22.4 Å². The molecular weight excluding hydrogens is 284 g/mol. The van der Waals surface area contributed by atoms with Gasteiger partial charge in [-0.15, -0.1) is 0 Å². The van der Waals surface area contributed by atoms with E-state index < -0.39 is 0 Å². The fraction of sp³-hybridized carbons (Fsp3) is 0.400. The van der Waals surface area contributed by atoms with Crippen LogP contribution in [-0.2, 0) is 0 Å². The molecule has 0 aliphatic rings. The maximum absolute atomic E-state index is 12.1. The average molecular weight is 304 g/mol. The lowest BCUT2D eigenvalue weighted by Crippen LogP contribution is -2.27. The Morgan fingerprint density at radius 1 is 1.38 bits per heavy atom. The third kappa shape index (κ3) is 4.26. The highest BCUT2D eigenvalue weighted by Gasteiger charge is 2.15. The van der Waals surface area contributed by atoms with Gasteiger partial charge in [0.05, 0.1) is 5.69 Å². The van der Waals surface area contributed by atoms with Gasteiger partial charge in [-0.1, -0.05) is 25.2 Å². The zero-order chi connectivity index (χ0) is 15.4. The van der Waals surface area contributed by atoms with Gasteiger partial charge in [0.2, 0.25) is 0 Å². The van der Waals surface area contributed by atoms with Gasteiger partial charge in [-0.05, 0) is 37.5 Å². The van der Waals surface area contributed by atoms with Crippen molar-refractivity contribution < 1.29 is 4.79 Å². The maximum atomic E-state index is 12.1. The van der Waals surface area contributed by atoms with E-state index in [9.17, 15) is 4.79 Å². The van der Waals surface area contributed by atoms with Gasteiger partial charge in [0.1, 0.15) is 10.7 Å². The highest BCUT2D eigenvalue weighted by atomic mass is 32.1. The summed E-state index contributed by atoms with van der Waals surface area (Å²) in [5, 5.41) is 6.74. The molecule has 0 aliphatic carbocycles. The minimum atomic E-state index is -0.0658. The number of pyridine rings is 1. The number of nitrogens with one attached hydrogen (secondary N) is 2. The van der Waals surface area contributed by atoms with Crippen LogP contribution in [0.4, 0.5) is 10.9 Å². The highest BCUT2D eigenvalue weighted by molar-refractivity contribution is 7.17. The third-order valence-corrected chi connectivity index (χ3v) is 3.90. The molecule has 6 heteroatoms. The summed E-state index contributed by atoms with van der Waals surface area (Å²) < 4.78 is 0. The quantitative estimate of drug-likeness (QED) is 0.889. The van der Waals surface area contributed by atoms with E-state index in [4.69, 9.17) is 0 Å². The van der Waals surface area contributed by atoms with E-state index >= 15 is 0 Å². The molecular formula is C15H20N4OS. The number of carbonyl (C=O) groups is 1. The number of rotatable bonds is 5. The molecule has 0 saturated heterocycles. The molecule has 0 unspecified atom stereocenters. The second kappa shape index (κ2) is 6.67. The monoisotopic (exact) mass is 304 g/mol. The zero-order valence-electron chi connectivity index (χ0n) is 12.7. The van der Waals surface area contributed by atoms with Crippen LogP contribution in [0.1, 0.15) is 34.8 Å². The first-order valence-corrected chi connectivity index (χ1v) is 7.72. The van der Waals surface area contributed by atoms with Gasteiger partial charge >= 0.3 is 0 Å². The van der Waals surface area contributed by atoms with Crippen LogP contribution in [0, 0.1) is 19.8 Å². The summed E-state index contributed by atoms with van der Waals surface area (Å²) in [4.78, 5) is 21.4. The Bertz CT molecular complexity index is 636.